The van der Waals surface area contributed by atoms with Gasteiger partial charge in [-0.15, -0.1) is 0 Å². The third kappa shape index (κ3) is 2.90. The molecule has 0 unspecified atom stereocenters. The van der Waals surface area contributed by atoms with Crippen molar-refractivity contribution in [3.05, 3.63) is 39.5 Å². The molecule has 0 radical (unpaired) electrons. The Morgan fingerprint density at radius 1 is 1.39 bits per heavy atom. The molecule has 0 aliphatic carbocycles. The molecule has 2 rings (SSSR count). The predicted octanol–water partition coefficient (Wildman–Crippen LogP) is 3.23. The summed E-state index contributed by atoms with van der Waals surface area (Å²) in [6, 6.07) is 5.73. The van der Waals surface area contributed by atoms with E-state index in [1.807, 2.05) is 25.1 Å². The zero-order valence-corrected chi connectivity index (χ0v) is 11.9. The van der Waals surface area contributed by atoms with Gasteiger partial charge in [-0.2, -0.15) is 4.98 Å². The van der Waals surface area contributed by atoms with Crippen LogP contribution in [-0.2, 0) is 0 Å². The van der Waals surface area contributed by atoms with Crippen molar-refractivity contribution in [2.45, 2.75) is 6.92 Å². The van der Waals surface area contributed by atoms with Crippen molar-refractivity contribution in [2.75, 3.05) is 10.7 Å². The highest BCUT2D eigenvalue weighted by Crippen LogP contribution is 2.29. The van der Waals surface area contributed by atoms with Gasteiger partial charge in [0, 0.05) is 6.20 Å². The molecule has 0 saturated carbocycles. The molecular weight excluding hydrogens is 318 g/mol. The van der Waals surface area contributed by atoms with E-state index in [0.717, 1.165) is 15.7 Å². The van der Waals surface area contributed by atoms with Crippen LogP contribution in [0.1, 0.15) is 5.56 Å². The van der Waals surface area contributed by atoms with E-state index in [1.165, 1.54) is 0 Å². The van der Waals surface area contributed by atoms with Crippen molar-refractivity contribution < 1.29 is 0 Å². The fourth-order valence-electron chi connectivity index (χ4n) is 1.37. The Bertz CT molecular complexity index is 575. The standard InChI is InChI=1S/C11H11BrClN5/c1-6-2-3-9(8(13)4-6)16-10-7(12)5-15-11(17-10)18-14/h2-5H,14H2,1H3,(H2,15,16,17,18). The fourth-order valence-corrected chi connectivity index (χ4v) is 1.95. The molecule has 2 aromatic rings. The molecule has 0 aliphatic heterocycles. The summed E-state index contributed by atoms with van der Waals surface area (Å²) in [5.41, 5.74) is 4.25. The molecule has 18 heavy (non-hydrogen) atoms. The van der Waals surface area contributed by atoms with Gasteiger partial charge in [0.05, 0.1) is 15.2 Å². The van der Waals surface area contributed by atoms with Crippen LogP contribution in [0.25, 0.3) is 0 Å². The van der Waals surface area contributed by atoms with Gasteiger partial charge in [0.25, 0.3) is 0 Å². The van der Waals surface area contributed by atoms with Crippen LogP contribution in [0.3, 0.4) is 0 Å². The van der Waals surface area contributed by atoms with Gasteiger partial charge in [0.2, 0.25) is 5.95 Å². The van der Waals surface area contributed by atoms with Crippen LogP contribution < -0.4 is 16.6 Å². The Balaban J connectivity index is 2.33. The molecule has 0 bridgehead atoms. The summed E-state index contributed by atoms with van der Waals surface area (Å²) in [7, 11) is 0. The maximum Gasteiger partial charge on any atom is 0.239 e. The Hall–Kier alpha value is -1.37. The molecular formula is C11H11BrClN5. The topological polar surface area (TPSA) is 75.9 Å². The molecule has 7 heteroatoms. The number of hydrazine groups is 1. The Morgan fingerprint density at radius 2 is 2.17 bits per heavy atom. The average molecular weight is 329 g/mol. The molecule has 5 nitrogen and oxygen atoms in total. The maximum atomic E-state index is 6.14. The third-order valence-corrected chi connectivity index (χ3v) is 3.14. The lowest BCUT2D eigenvalue weighted by atomic mass is 10.2. The van der Waals surface area contributed by atoms with Gasteiger partial charge >= 0.3 is 0 Å². The number of nitrogens with two attached hydrogens (primary N) is 1. The van der Waals surface area contributed by atoms with Gasteiger partial charge in [-0.1, -0.05) is 17.7 Å². The number of halogens is 2. The predicted molar refractivity (Wildman–Crippen MR) is 77.0 cm³/mol. The molecule has 0 spiro atoms. The molecule has 1 heterocycles. The number of hydrogen-bond acceptors (Lipinski definition) is 5. The fraction of sp³-hybridized carbons (Fsp3) is 0.0909. The normalized spacial score (nSPS) is 10.2. The molecule has 0 amide bonds. The number of nitrogens with zero attached hydrogens (tertiary/aromatic N) is 2. The zero-order chi connectivity index (χ0) is 13.1. The number of anilines is 3. The largest absolute Gasteiger partial charge is 0.338 e. The van der Waals surface area contributed by atoms with E-state index in [-0.39, 0.29) is 0 Å². The first-order chi connectivity index (χ1) is 8.60. The summed E-state index contributed by atoms with van der Waals surface area (Å²) in [6.07, 6.45) is 1.60. The van der Waals surface area contributed by atoms with Crippen molar-refractivity contribution in [1.82, 2.24) is 9.97 Å². The first kappa shape index (κ1) is 13.1. The Kier molecular flexibility index (Phi) is 4.00. The van der Waals surface area contributed by atoms with Crippen LogP contribution in [-0.4, -0.2) is 9.97 Å². The van der Waals surface area contributed by atoms with E-state index in [1.54, 1.807) is 6.20 Å². The Labute approximate surface area is 118 Å². The lowest BCUT2D eigenvalue weighted by molar-refractivity contribution is 1.11. The van der Waals surface area contributed by atoms with Crippen molar-refractivity contribution in [3.63, 3.8) is 0 Å². The van der Waals surface area contributed by atoms with Crippen molar-refractivity contribution in [1.29, 1.82) is 0 Å². The maximum absolute atomic E-state index is 6.14. The summed E-state index contributed by atoms with van der Waals surface area (Å²) in [6.45, 7) is 1.98. The molecule has 0 saturated heterocycles. The van der Waals surface area contributed by atoms with Gasteiger partial charge < -0.3 is 5.32 Å². The lowest BCUT2D eigenvalue weighted by Gasteiger charge is -2.10. The first-order valence-corrected chi connectivity index (χ1v) is 6.29. The highest BCUT2D eigenvalue weighted by molar-refractivity contribution is 9.10. The van der Waals surface area contributed by atoms with Crippen molar-refractivity contribution >= 4 is 45.0 Å². The van der Waals surface area contributed by atoms with E-state index >= 15 is 0 Å². The number of benzene rings is 1. The van der Waals surface area contributed by atoms with Gasteiger partial charge in [-0.05, 0) is 40.5 Å². The van der Waals surface area contributed by atoms with Crippen LogP contribution in [0.2, 0.25) is 5.02 Å². The van der Waals surface area contributed by atoms with Gasteiger partial charge in [0.15, 0.2) is 0 Å². The third-order valence-electron chi connectivity index (χ3n) is 2.25. The quantitative estimate of drug-likeness (QED) is 0.596. The molecule has 94 valence electrons. The number of hydrogen-bond donors (Lipinski definition) is 3. The number of nitrogens with one attached hydrogen (secondary N) is 2. The minimum Gasteiger partial charge on any atom is -0.338 e. The molecule has 1 aromatic heterocycles. The number of aryl methyl sites for hydroxylation is 1. The first-order valence-electron chi connectivity index (χ1n) is 5.12. The summed E-state index contributed by atoms with van der Waals surface area (Å²) < 4.78 is 0.721. The van der Waals surface area contributed by atoms with E-state index < -0.39 is 0 Å². The molecule has 4 N–H and O–H groups in total. The van der Waals surface area contributed by atoms with E-state index in [4.69, 9.17) is 17.4 Å². The number of aromatic nitrogens is 2. The molecule has 1 aromatic carbocycles. The lowest BCUT2D eigenvalue weighted by Crippen LogP contribution is -2.11. The zero-order valence-electron chi connectivity index (χ0n) is 9.54. The smallest absolute Gasteiger partial charge is 0.239 e. The van der Waals surface area contributed by atoms with Crippen molar-refractivity contribution in [3.8, 4) is 0 Å². The molecule has 0 aliphatic rings. The second-order valence-electron chi connectivity index (χ2n) is 3.64. The van der Waals surface area contributed by atoms with E-state index in [0.29, 0.717) is 16.8 Å². The second kappa shape index (κ2) is 5.51. The van der Waals surface area contributed by atoms with Crippen LogP contribution in [0, 0.1) is 6.92 Å². The summed E-state index contributed by atoms with van der Waals surface area (Å²) >= 11 is 9.50. The van der Waals surface area contributed by atoms with Crippen LogP contribution in [0.15, 0.2) is 28.9 Å². The van der Waals surface area contributed by atoms with Gasteiger partial charge in [-0.3, -0.25) is 5.43 Å². The summed E-state index contributed by atoms with van der Waals surface area (Å²) in [4.78, 5) is 8.15. The minimum absolute atomic E-state index is 0.323. The molecule has 0 fully saturated rings. The van der Waals surface area contributed by atoms with Crippen molar-refractivity contribution in [2.24, 2.45) is 5.84 Å². The Morgan fingerprint density at radius 3 is 2.83 bits per heavy atom. The number of rotatable bonds is 3. The summed E-state index contributed by atoms with van der Waals surface area (Å²) in [5, 5.41) is 3.74. The minimum atomic E-state index is 0.323. The highest BCUT2D eigenvalue weighted by Gasteiger charge is 2.07. The average Bonchev–Trinajstić information content (AvgIpc) is 2.35. The highest BCUT2D eigenvalue weighted by atomic mass is 79.9. The van der Waals surface area contributed by atoms with E-state index in [2.05, 4.69) is 36.6 Å². The van der Waals surface area contributed by atoms with E-state index in [9.17, 15) is 0 Å². The number of nitrogen functional groups attached to an aromatic ring is 1. The van der Waals surface area contributed by atoms with Crippen LogP contribution >= 0.6 is 27.5 Å². The van der Waals surface area contributed by atoms with Crippen LogP contribution in [0.5, 0.6) is 0 Å². The van der Waals surface area contributed by atoms with Crippen LogP contribution in [0.4, 0.5) is 17.5 Å². The van der Waals surface area contributed by atoms with Gasteiger partial charge in [-0.25, -0.2) is 10.8 Å². The summed E-state index contributed by atoms with van der Waals surface area (Å²) in [5.74, 6) is 6.18. The second-order valence-corrected chi connectivity index (χ2v) is 4.90. The SMILES string of the molecule is Cc1ccc(Nc2nc(NN)ncc2Br)c(Cl)c1. The monoisotopic (exact) mass is 327 g/mol. The molecule has 0 atom stereocenters. The van der Waals surface area contributed by atoms with Gasteiger partial charge in [0.1, 0.15) is 5.82 Å².